The van der Waals surface area contributed by atoms with Gasteiger partial charge in [-0.1, -0.05) is 13.3 Å². The molecule has 2 atom stereocenters. The fourth-order valence-electron chi connectivity index (χ4n) is 2.38. The number of nitrogens with one attached hydrogen (secondary N) is 1. The molecule has 1 rings (SSSR count). The molecule has 0 amide bonds. The van der Waals surface area contributed by atoms with Gasteiger partial charge < -0.3 is 10.1 Å². The number of methoxy groups -OCH3 is 1. The van der Waals surface area contributed by atoms with Crippen LogP contribution in [0.15, 0.2) is 0 Å². The maximum atomic E-state index is 5.24. The SMILES string of the molecule is CCNC(COC)CN1CCCCC1C. The molecular formula is C12H26N2O. The summed E-state index contributed by atoms with van der Waals surface area (Å²) in [5.74, 6) is 0. The van der Waals surface area contributed by atoms with Crippen molar-refractivity contribution >= 4 is 0 Å². The Hall–Kier alpha value is -0.120. The molecule has 1 aliphatic rings. The Morgan fingerprint density at radius 3 is 2.87 bits per heavy atom. The van der Waals surface area contributed by atoms with Crippen LogP contribution in [-0.4, -0.2) is 50.3 Å². The molecule has 15 heavy (non-hydrogen) atoms. The van der Waals surface area contributed by atoms with E-state index in [0.29, 0.717) is 6.04 Å². The molecule has 0 bridgehead atoms. The Morgan fingerprint density at radius 1 is 1.47 bits per heavy atom. The van der Waals surface area contributed by atoms with Crippen LogP contribution < -0.4 is 5.32 Å². The third-order valence-electron chi connectivity index (χ3n) is 3.26. The van der Waals surface area contributed by atoms with Crippen LogP contribution in [0.4, 0.5) is 0 Å². The lowest BCUT2D eigenvalue weighted by atomic mass is 10.0. The van der Waals surface area contributed by atoms with Crippen LogP contribution in [0, 0.1) is 0 Å². The summed E-state index contributed by atoms with van der Waals surface area (Å²) in [5, 5.41) is 3.48. The highest BCUT2D eigenvalue weighted by Gasteiger charge is 2.21. The van der Waals surface area contributed by atoms with Crippen LogP contribution in [0.5, 0.6) is 0 Å². The Kier molecular flexibility index (Phi) is 6.22. The van der Waals surface area contributed by atoms with Gasteiger partial charge in [0.05, 0.1) is 6.61 Å². The number of likely N-dealkylation sites (tertiary alicyclic amines) is 1. The van der Waals surface area contributed by atoms with E-state index >= 15 is 0 Å². The molecule has 0 aliphatic carbocycles. The summed E-state index contributed by atoms with van der Waals surface area (Å²) in [5.41, 5.74) is 0. The van der Waals surface area contributed by atoms with Crippen LogP contribution in [0.1, 0.15) is 33.1 Å². The van der Waals surface area contributed by atoms with Crippen molar-refractivity contribution in [3.63, 3.8) is 0 Å². The lowest BCUT2D eigenvalue weighted by Crippen LogP contribution is -2.48. The van der Waals surface area contributed by atoms with Crippen molar-refractivity contribution in [2.75, 3.05) is 33.4 Å². The van der Waals surface area contributed by atoms with Crippen molar-refractivity contribution < 1.29 is 4.74 Å². The number of hydrogen-bond acceptors (Lipinski definition) is 3. The zero-order valence-electron chi connectivity index (χ0n) is 10.5. The molecule has 3 nitrogen and oxygen atoms in total. The van der Waals surface area contributed by atoms with E-state index in [1.54, 1.807) is 7.11 Å². The highest BCUT2D eigenvalue weighted by molar-refractivity contribution is 4.78. The smallest absolute Gasteiger partial charge is 0.0628 e. The van der Waals surface area contributed by atoms with E-state index in [1.807, 2.05) is 0 Å². The average Bonchev–Trinajstić information content (AvgIpc) is 2.22. The first kappa shape index (κ1) is 12.9. The highest BCUT2D eigenvalue weighted by Crippen LogP contribution is 2.16. The number of piperidine rings is 1. The fourth-order valence-corrected chi connectivity index (χ4v) is 2.38. The van der Waals surface area contributed by atoms with E-state index in [0.717, 1.165) is 25.7 Å². The van der Waals surface area contributed by atoms with Gasteiger partial charge in [-0.05, 0) is 32.9 Å². The molecule has 1 fully saturated rings. The van der Waals surface area contributed by atoms with Gasteiger partial charge in [0.1, 0.15) is 0 Å². The van der Waals surface area contributed by atoms with Crippen LogP contribution in [0.2, 0.25) is 0 Å². The van der Waals surface area contributed by atoms with Crippen molar-refractivity contribution in [1.82, 2.24) is 10.2 Å². The van der Waals surface area contributed by atoms with Crippen molar-refractivity contribution in [2.24, 2.45) is 0 Å². The maximum Gasteiger partial charge on any atom is 0.0628 e. The zero-order valence-corrected chi connectivity index (χ0v) is 10.5. The molecule has 0 spiro atoms. The van der Waals surface area contributed by atoms with Gasteiger partial charge in [-0.3, -0.25) is 4.90 Å². The van der Waals surface area contributed by atoms with Crippen molar-refractivity contribution in [2.45, 2.75) is 45.2 Å². The molecule has 0 radical (unpaired) electrons. The minimum Gasteiger partial charge on any atom is -0.383 e. The normalized spacial score (nSPS) is 25.4. The molecule has 0 aromatic carbocycles. The Labute approximate surface area is 94.2 Å². The van der Waals surface area contributed by atoms with Gasteiger partial charge in [0.15, 0.2) is 0 Å². The summed E-state index contributed by atoms with van der Waals surface area (Å²) < 4.78 is 5.24. The number of hydrogen-bond donors (Lipinski definition) is 1. The molecule has 2 unspecified atom stereocenters. The number of likely N-dealkylation sites (N-methyl/N-ethyl adjacent to an activating group) is 1. The first-order chi connectivity index (χ1) is 7.27. The summed E-state index contributed by atoms with van der Waals surface area (Å²) in [4.78, 5) is 2.59. The van der Waals surface area contributed by atoms with E-state index in [-0.39, 0.29) is 0 Å². The molecule has 1 N–H and O–H groups in total. The second-order valence-electron chi connectivity index (χ2n) is 4.55. The minimum absolute atomic E-state index is 0.487. The summed E-state index contributed by atoms with van der Waals surface area (Å²) in [6.07, 6.45) is 4.11. The molecule has 3 heteroatoms. The molecule has 1 aliphatic heterocycles. The Bertz CT molecular complexity index is 158. The van der Waals surface area contributed by atoms with Crippen molar-refractivity contribution in [3.05, 3.63) is 0 Å². The van der Waals surface area contributed by atoms with Gasteiger partial charge in [0, 0.05) is 25.7 Å². The molecular weight excluding hydrogens is 188 g/mol. The summed E-state index contributed by atoms with van der Waals surface area (Å²) in [6.45, 7) is 8.72. The van der Waals surface area contributed by atoms with Gasteiger partial charge in [-0.25, -0.2) is 0 Å². The largest absolute Gasteiger partial charge is 0.383 e. The van der Waals surface area contributed by atoms with Crippen LogP contribution >= 0.6 is 0 Å². The van der Waals surface area contributed by atoms with E-state index < -0.39 is 0 Å². The van der Waals surface area contributed by atoms with Gasteiger partial charge in [0.2, 0.25) is 0 Å². The quantitative estimate of drug-likeness (QED) is 0.725. The number of ether oxygens (including phenoxy) is 1. The summed E-state index contributed by atoms with van der Waals surface area (Å²) >= 11 is 0. The first-order valence-corrected chi connectivity index (χ1v) is 6.24. The fraction of sp³-hybridized carbons (Fsp3) is 1.00. The van der Waals surface area contributed by atoms with E-state index in [4.69, 9.17) is 4.74 Å². The van der Waals surface area contributed by atoms with E-state index in [9.17, 15) is 0 Å². The van der Waals surface area contributed by atoms with Crippen LogP contribution in [-0.2, 0) is 4.74 Å². The van der Waals surface area contributed by atoms with Gasteiger partial charge in [-0.2, -0.15) is 0 Å². The number of rotatable bonds is 6. The van der Waals surface area contributed by atoms with Crippen LogP contribution in [0.3, 0.4) is 0 Å². The Balaban J connectivity index is 2.33. The highest BCUT2D eigenvalue weighted by atomic mass is 16.5. The molecule has 90 valence electrons. The third kappa shape index (κ3) is 4.49. The Morgan fingerprint density at radius 2 is 2.27 bits per heavy atom. The predicted octanol–water partition coefficient (Wildman–Crippen LogP) is 1.49. The van der Waals surface area contributed by atoms with Gasteiger partial charge >= 0.3 is 0 Å². The minimum atomic E-state index is 0.487. The van der Waals surface area contributed by atoms with E-state index in [2.05, 4.69) is 24.1 Å². The second-order valence-corrected chi connectivity index (χ2v) is 4.55. The predicted molar refractivity (Wildman–Crippen MR) is 64.2 cm³/mol. The molecule has 1 saturated heterocycles. The van der Waals surface area contributed by atoms with Crippen LogP contribution in [0.25, 0.3) is 0 Å². The standard InChI is InChI=1S/C12H26N2O/c1-4-13-12(10-15-3)9-14-8-6-5-7-11(14)2/h11-13H,4-10H2,1-3H3. The molecule has 1 heterocycles. The van der Waals surface area contributed by atoms with Crippen molar-refractivity contribution in [1.29, 1.82) is 0 Å². The van der Waals surface area contributed by atoms with Gasteiger partial charge in [-0.15, -0.1) is 0 Å². The molecule has 0 aromatic rings. The van der Waals surface area contributed by atoms with Gasteiger partial charge in [0.25, 0.3) is 0 Å². The monoisotopic (exact) mass is 214 g/mol. The van der Waals surface area contributed by atoms with E-state index in [1.165, 1.54) is 25.8 Å². The third-order valence-corrected chi connectivity index (χ3v) is 3.26. The average molecular weight is 214 g/mol. The molecule has 0 aromatic heterocycles. The maximum absolute atomic E-state index is 5.24. The molecule has 0 saturated carbocycles. The van der Waals surface area contributed by atoms with Crippen molar-refractivity contribution in [3.8, 4) is 0 Å². The lowest BCUT2D eigenvalue weighted by Gasteiger charge is -2.36. The second kappa shape index (κ2) is 7.20. The lowest BCUT2D eigenvalue weighted by molar-refractivity contribution is 0.104. The number of nitrogens with zero attached hydrogens (tertiary/aromatic N) is 1. The first-order valence-electron chi connectivity index (χ1n) is 6.24. The zero-order chi connectivity index (χ0) is 11.1. The summed E-state index contributed by atoms with van der Waals surface area (Å²) in [6, 6.07) is 1.23. The topological polar surface area (TPSA) is 24.5 Å². The summed E-state index contributed by atoms with van der Waals surface area (Å²) in [7, 11) is 1.78.